The smallest absolute Gasteiger partial charge is 0.225 e. The maximum absolute atomic E-state index is 12.5. The first-order valence-electron chi connectivity index (χ1n) is 12.1. The van der Waals surface area contributed by atoms with Gasteiger partial charge in [0.1, 0.15) is 11.6 Å². The van der Waals surface area contributed by atoms with Gasteiger partial charge in [0, 0.05) is 38.0 Å². The largest absolute Gasteiger partial charge is 0.352 e. The number of halogens is 1. The molecule has 2 fully saturated rings. The Bertz CT molecular complexity index is 1150. The Hall–Kier alpha value is -2.67. The maximum atomic E-state index is 12.5. The molecular formula is C25H31ClN6O. The van der Waals surface area contributed by atoms with Gasteiger partial charge in [-0.2, -0.15) is 5.10 Å². The van der Waals surface area contributed by atoms with Crippen LogP contribution < -0.4 is 4.90 Å². The molecule has 174 valence electrons. The molecule has 2 aromatic heterocycles. The second-order valence-electron chi connectivity index (χ2n) is 9.45. The molecule has 1 amide bonds. The highest BCUT2D eigenvalue weighted by Crippen LogP contribution is 2.35. The van der Waals surface area contributed by atoms with E-state index in [9.17, 15) is 4.79 Å². The minimum absolute atomic E-state index is 0.0223. The Balaban J connectivity index is 1.55. The number of fused-ring (bicyclic) bond motifs is 1. The van der Waals surface area contributed by atoms with Gasteiger partial charge in [-0.25, -0.2) is 14.6 Å². The number of hydrogen-bond donors (Lipinski definition) is 0. The standard InChI is InChI=1S/C25H31ClN6O/c1-17(2)25(33)31-14-12-30(13-15-31)23-19-16-27-32(21-11-7-6-10-20(21)26)24(19)29-22(28-23)18-8-4-3-5-9-18/h6-7,10-11,16-18H,3-5,8-9,12-15H2,1-2H3. The van der Waals surface area contributed by atoms with Crippen molar-refractivity contribution < 1.29 is 4.79 Å². The highest BCUT2D eigenvalue weighted by atomic mass is 35.5. The van der Waals surface area contributed by atoms with Crippen molar-refractivity contribution in [3.63, 3.8) is 0 Å². The summed E-state index contributed by atoms with van der Waals surface area (Å²) in [4.78, 5) is 26.9. The van der Waals surface area contributed by atoms with E-state index in [4.69, 9.17) is 21.6 Å². The Morgan fingerprint density at radius 3 is 2.45 bits per heavy atom. The van der Waals surface area contributed by atoms with Crippen molar-refractivity contribution in [1.29, 1.82) is 0 Å². The molecule has 1 saturated heterocycles. The summed E-state index contributed by atoms with van der Waals surface area (Å²) in [5, 5.41) is 6.24. The monoisotopic (exact) mass is 466 g/mol. The highest BCUT2D eigenvalue weighted by Gasteiger charge is 2.28. The molecule has 3 aromatic rings. The first kappa shape index (κ1) is 22.1. The Morgan fingerprint density at radius 1 is 1.03 bits per heavy atom. The lowest BCUT2D eigenvalue weighted by atomic mass is 9.88. The number of aromatic nitrogens is 4. The molecule has 0 bridgehead atoms. The van der Waals surface area contributed by atoms with Gasteiger partial charge in [-0.3, -0.25) is 4.79 Å². The number of anilines is 1. The van der Waals surface area contributed by atoms with Crippen LogP contribution in [0.1, 0.15) is 57.7 Å². The summed E-state index contributed by atoms with van der Waals surface area (Å²) in [6, 6.07) is 7.72. The van der Waals surface area contributed by atoms with Gasteiger partial charge in [-0.1, -0.05) is 56.8 Å². The van der Waals surface area contributed by atoms with Crippen LogP contribution in [0.5, 0.6) is 0 Å². The molecule has 0 N–H and O–H groups in total. The second kappa shape index (κ2) is 9.29. The van der Waals surface area contributed by atoms with E-state index in [2.05, 4.69) is 10.00 Å². The Labute approximate surface area is 199 Å². The summed E-state index contributed by atoms with van der Waals surface area (Å²) in [5.74, 6) is 2.45. The summed E-state index contributed by atoms with van der Waals surface area (Å²) in [6.07, 6.45) is 7.84. The van der Waals surface area contributed by atoms with Gasteiger partial charge in [0.2, 0.25) is 5.91 Å². The van der Waals surface area contributed by atoms with Crippen LogP contribution in [0.3, 0.4) is 0 Å². The zero-order valence-electron chi connectivity index (χ0n) is 19.4. The number of rotatable bonds is 4. The number of benzene rings is 1. The van der Waals surface area contributed by atoms with Crippen LogP contribution in [-0.2, 0) is 4.79 Å². The number of piperazine rings is 1. The SMILES string of the molecule is CC(C)C(=O)N1CCN(c2nc(C3CCCCC3)nc3c2cnn3-c2ccccc2Cl)CC1. The minimum Gasteiger partial charge on any atom is -0.352 e. The number of hydrogen-bond acceptors (Lipinski definition) is 5. The molecule has 5 rings (SSSR count). The lowest BCUT2D eigenvalue weighted by molar-refractivity contribution is -0.134. The van der Waals surface area contributed by atoms with Gasteiger partial charge in [0.05, 0.1) is 22.3 Å². The molecule has 3 heterocycles. The number of carbonyl (C=O) groups excluding carboxylic acids is 1. The molecule has 1 aliphatic heterocycles. The van der Waals surface area contributed by atoms with Crippen molar-refractivity contribution in [3.8, 4) is 5.69 Å². The van der Waals surface area contributed by atoms with Crippen molar-refractivity contribution in [3.05, 3.63) is 41.3 Å². The van der Waals surface area contributed by atoms with Crippen LogP contribution in [0.2, 0.25) is 5.02 Å². The fourth-order valence-electron chi connectivity index (χ4n) is 5.00. The molecule has 8 heteroatoms. The van der Waals surface area contributed by atoms with E-state index in [0.717, 1.165) is 54.3 Å². The molecular weight excluding hydrogens is 436 g/mol. The maximum Gasteiger partial charge on any atom is 0.225 e. The average Bonchev–Trinajstić information content (AvgIpc) is 3.28. The summed E-state index contributed by atoms with van der Waals surface area (Å²) in [6.45, 7) is 6.85. The highest BCUT2D eigenvalue weighted by molar-refractivity contribution is 6.32. The Morgan fingerprint density at radius 2 is 1.76 bits per heavy atom. The molecule has 0 radical (unpaired) electrons. The van der Waals surface area contributed by atoms with E-state index in [1.807, 2.05) is 53.9 Å². The van der Waals surface area contributed by atoms with Crippen LogP contribution in [0.25, 0.3) is 16.7 Å². The van der Waals surface area contributed by atoms with Crippen molar-refractivity contribution in [1.82, 2.24) is 24.6 Å². The van der Waals surface area contributed by atoms with Crippen LogP contribution in [0.4, 0.5) is 5.82 Å². The lowest BCUT2D eigenvalue weighted by Crippen LogP contribution is -2.50. The third-order valence-electron chi connectivity index (χ3n) is 6.86. The quantitative estimate of drug-likeness (QED) is 0.551. The van der Waals surface area contributed by atoms with Crippen molar-refractivity contribution in [2.45, 2.75) is 51.9 Å². The van der Waals surface area contributed by atoms with E-state index < -0.39 is 0 Å². The molecule has 7 nitrogen and oxygen atoms in total. The van der Waals surface area contributed by atoms with E-state index in [1.165, 1.54) is 19.3 Å². The van der Waals surface area contributed by atoms with Crippen LogP contribution in [-0.4, -0.2) is 56.7 Å². The topological polar surface area (TPSA) is 67.2 Å². The molecule has 1 aromatic carbocycles. The Kier molecular flexibility index (Phi) is 6.23. The zero-order chi connectivity index (χ0) is 22.9. The number of carbonyl (C=O) groups is 1. The van der Waals surface area contributed by atoms with Crippen molar-refractivity contribution in [2.75, 3.05) is 31.1 Å². The fraction of sp³-hybridized carbons (Fsp3) is 0.520. The molecule has 0 unspecified atom stereocenters. The van der Waals surface area contributed by atoms with Crippen LogP contribution >= 0.6 is 11.6 Å². The third kappa shape index (κ3) is 4.31. The average molecular weight is 467 g/mol. The van der Waals surface area contributed by atoms with Crippen LogP contribution in [0.15, 0.2) is 30.5 Å². The van der Waals surface area contributed by atoms with Gasteiger partial charge >= 0.3 is 0 Å². The summed E-state index contributed by atoms with van der Waals surface area (Å²) >= 11 is 6.51. The summed E-state index contributed by atoms with van der Waals surface area (Å²) < 4.78 is 1.84. The number of amides is 1. The predicted octanol–water partition coefficient (Wildman–Crippen LogP) is 4.82. The first-order chi connectivity index (χ1) is 16.0. The van der Waals surface area contributed by atoms with E-state index >= 15 is 0 Å². The zero-order valence-corrected chi connectivity index (χ0v) is 20.1. The lowest BCUT2D eigenvalue weighted by Gasteiger charge is -2.36. The van der Waals surface area contributed by atoms with E-state index in [1.54, 1.807) is 0 Å². The van der Waals surface area contributed by atoms with Crippen molar-refractivity contribution >= 4 is 34.4 Å². The molecule has 1 aliphatic carbocycles. The van der Waals surface area contributed by atoms with Gasteiger partial charge in [0.25, 0.3) is 0 Å². The molecule has 1 saturated carbocycles. The molecule has 0 spiro atoms. The second-order valence-corrected chi connectivity index (χ2v) is 9.86. The summed E-state index contributed by atoms with van der Waals surface area (Å²) in [5.41, 5.74) is 1.62. The van der Waals surface area contributed by atoms with Gasteiger partial charge in [-0.15, -0.1) is 0 Å². The fourth-order valence-corrected chi connectivity index (χ4v) is 5.21. The molecule has 0 atom stereocenters. The van der Waals surface area contributed by atoms with Crippen molar-refractivity contribution in [2.24, 2.45) is 5.92 Å². The first-order valence-corrected chi connectivity index (χ1v) is 12.4. The van der Waals surface area contributed by atoms with Gasteiger partial charge in [0.15, 0.2) is 5.65 Å². The predicted molar refractivity (Wildman–Crippen MR) is 131 cm³/mol. The molecule has 33 heavy (non-hydrogen) atoms. The number of para-hydroxylation sites is 1. The molecule has 2 aliphatic rings. The minimum atomic E-state index is 0.0223. The van der Waals surface area contributed by atoms with Gasteiger partial charge < -0.3 is 9.80 Å². The van der Waals surface area contributed by atoms with Crippen LogP contribution in [0, 0.1) is 5.92 Å². The summed E-state index contributed by atoms with van der Waals surface area (Å²) in [7, 11) is 0. The third-order valence-corrected chi connectivity index (χ3v) is 7.18. The van der Waals surface area contributed by atoms with E-state index in [0.29, 0.717) is 24.0 Å². The van der Waals surface area contributed by atoms with Gasteiger partial charge in [-0.05, 0) is 25.0 Å². The normalized spacial score (nSPS) is 17.8. The number of nitrogens with zero attached hydrogens (tertiary/aromatic N) is 6. The van der Waals surface area contributed by atoms with E-state index in [-0.39, 0.29) is 11.8 Å².